The molecule has 5 aromatic rings. The lowest BCUT2D eigenvalue weighted by molar-refractivity contribution is -0.137. The lowest BCUT2D eigenvalue weighted by atomic mass is 10.0. The van der Waals surface area contributed by atoms with Crippen molar-refractivity contribution in [2.24, 2.45) is 10.2 Å². The van der Waals surface area contributed by atoms with E-state index < -0.39 is 35.2 Å². The fourth-order valence-electron chi connectivity index (χ4n) is 4.23. The monoisotopic (exact) mass is 553 g/mol. The second kappa shape index (κ2) is 9.80. The molecule has 0 radical (unpaired) electrons. The van der Waals surface area contributed by atoms with Crippen molar-refractivity contribution in [3.05, 3.63) is 102 Å². The van der Waals surface area contributed by atoms with Crippen LogP contribution in [-0.2, 0) is 6.18 Å². The minimum atomic E-state index is -4.75. The van der Waals surface area contributed by atoms with E-state index in [1.54, 1.807) is 6.07 Å². The predicted molar refractivity (Wildman–Crippen MR) is 135 cm³/mol. The van der Waals surface area contributed by atoms with Crippen LogP contribution in [0.15, 0.2) is 89.1 Å². The van der Waals surface area contributed by atoms with Crippen molar-refractivity contribution in [1.82, 2.24) is 4.57 Å². The summed E-state index contributed by atoms with van der Waals surface area (Å²) in [6.07, 6.45) is -4.75. The number of nitrogens with zero attached hydrogens (tertiary/aromatic N) is 3. The Morgan fingerprint density at radius 3 is 2.20 bits per heavy atom. The highest BCUT2D eigenvalue weighted by Crippen LogP contribution is 2.45. The number of carboxylic acids is 1. The molecule has 0 saturated carbocycles. The number of alkyl halides is 3. The fraction of sp³-hybridized carbons (Fsp3) is 0.0357. The Balaban J connectivity index is 1.66. The summed E-state index contributed by atoms with van der Waals surface area (Å²) in [6.45, 7) is 0. The molecule has 1 aromatic heterocycles. The molecular weight excluding hydrogens is 537 g/mol. The number of para-hydroxylation sites is 1. The van der Waals surface area contributed by atoms with Gasteiger partial charge >= 0.3 is 12.1 Å². The predicted octanol–water partition coefficient (Wildman–Crippen LogP) is 8.12. The van der Waals surface area contributed by atoms with Gasteiger partial charge in [0.05, 0.1) is 22.3 Å². The normalized spacial score (nSPS) is 11.9. The zero-order chi connectivity index (χ0) is 28.8. The molecule has 0 spiro atoms. The van der Waals surface area contributed by atoms with Crippen LogP contribution >= 0.6 is 0 Å². The molecule has 0 aliphatic rings. The Morgan fingerprint density at radius 1 is 0.825 bits per heavy atom. The highest BCUT2D eigenvalue weighted by atomic mass is 19.4. The summed E-state index contributed by atoms with van der Waals surface area (Å²) in [6, 6.07) is 14.9. The number of hydrogen-bond donors (Lipinski definition) is 3. The zero-order valence-electron chi connectivity index (χ0n) is 20.0. The van der Waals surface area contributed by atoms with Gasteiger partial charge in [0, 0.05) is 17.0 Å². The van der Waals surface area contributed by atoms with Crippen LogP contribution in [0.1, 0.15) is 15.9 Å². The minimum Gasteiger partial charge on any atom is -0.505 e. The molecule has 4 aromatic carbocycles. The maximum atomic E-state index is 14.0. The maximum Gasteiger partial charge on any atom is 0.416 e. The molecule has 0 bridgehead atoms. The van der Waals surface area contributed by atoms with E-state index in [9.17, 15) is 42.1 Å². The van der Waals surface area contributed by atoms with Gasteiger partial charge in [-0.3, -0.25) is 4.57 Å². The zero-order valence-corrected chi connectivity index (χ0v) is 20.0. The van der Waals surface area contributed by atoms with Crippen LogP contribution < -0.4 is 0 Å². The van der Waals surface area contributed by atoms with Crippen LogP contribution in [0.5, 0.6) is 11.6 Å². The molecule has 0 fully saturated rings. The molecule has 12 heteroatoms. The standard InChI is InChI=1S/C28H16F5N3O4/c29-17-11-18(30)13-19(12-17)36-23-10-16(28(31,32)33)7-8-21(23)24(26(36)38)35-34-22-6-2-5-20(25(22)37)14-3-1-4-15(9-14)27(39)40/h1-13,37-38H,(H,39,40). The third kappa shape index (κ3) is 4.82. The lowest BCUT2D eigenvalue weighted by Gasteiger charge is -2.10. The molecule has 0 atom stereocenters. The second-order valence-corrected chi connectivity index (χ2v) is 8.62. The largest absolute Gasteiger partial charge is 0.505 e. The van der Waals surface area contributed by atoms with Crippen LogP contribution in [0, 0.1) is 11.6 Å². The topological polar surface area (TPSA) is 107 Å². The molecule has 202 valence electrons. The molecule has 0 unspecified atom stereocenters. The highest BCUT2D eigenvalue weighted by molar-refractivity contribution is 5.97. The average molecular weight is 553 g/mol. The summed E-state index contributed by atoms with van der Waals surface area (Å²) >= 11 is 0. The molecule has 40 heavy (non-hydrogen) atoms. The molecular formula is C28H16F5N3O4. The number of hydrogen-bond acceptors (Lipinski definition) is 5. The summed E-state index contributed by atoms with van der Waals surface area (Å²) in [5.74, 6) is -4.37. The van der Waals surface area contributed by atoms with Gasteiger partial charge in [-0.2, -0.15) is 13.2 Å². The third-order valence-corrected chi connectivity index (χ3v) is 6.04. The van der Waals surface area contributed by atoms with E-state index in [0.29, 0.717) is 17.7 Å². The fourth-order valence-corrected chi connectivity index (χ4v) is 4.23. The van der Waals surface area contributed by atoms with Gasteiger partial charge in [-0.15, -0.1) is 10.2 Å². The number of rotatable bonds is 5. The number of halogens is 5. The number of carbonyl (C=O) groups is 1. The molecule has 3 N–H and O–H groups in total. The van der Waals surface area contributed by atoms with Gasteiger partial charge in [0.15, 0.2) is 11.4 Å². The van der Waals surface area contributed by atoms with E-state index in [1.807, 2.05) is 0 Å². The molecule has 0 saturated heterocycles. The number of phenols is 1. The van der Waals surface area contributed by atoms with Gasteiger partial charge < -0.3 is 15.3 Å². The van der Waals surface area contributed by atoms with Crippen molar-refractivity contribution >= 4 is 28.2 Å². The Labute approximate surface area is 221 Å². The van der Waals surface area contributed by atoms with Crippen molar-refractivity contribution in [2.45, 2.75) is 6.18 Å². The van der Waals surface area contributed by atoms with Crippen molar-refractivity contribution < 1.29 is 42.1 Å². The Hall–Kier alpha value is -5.26. The number of phenolic OH excluding ortho intramolecular Hbond substituents is 1. The van der Waals surface area contributed by atoms with Crippen LogP contribution in [0.3, 0.4) is 0 Å². The summed E-state index contributed by atoms with van der Waals surface area (Å²) in [5, 5.41) is 38.9. The van der Waals surface area contributed by atoms with Crippen LogP contribution in [-0.4, -0.2) is 25.9 Å². The van der Waals surface area contributed by atoms with Crippen LogP contribution in [0.2, 0.25) is 0 Å². The van der Waals surface area contributed by atoms with Gasteiger partial charge in [0.25, 0.3) is 0 Å². The smallest absolute Gasteiger partial charge is 0.416 e. The number of benzene rings is 4. The van der Waals surface area contributed by atoms with Crippen molar-refractivity contribution in [3.63, 3.8) is 0 Å². The molecule has 1 heterocycles. The van der Waals surface area contributed by atoms with E-state index in [4.69, 9.17) is 0 Å². The van der Waals surface area contributed by atoms with Crippen LogP contribution in [0.4, 0.5) is 33.3 Å². The van der Waals surface area contributed by atoms with E-state index >= 15 is 0 Å². The number of aromatic nitrogens is 1. The highest BCUT2D eigenvalue weighted by Gasteiger charge is 2.32. The quantitative estimate of drug-likeness (QED) is 0.151. The number of aromatic hydroxyl groups is 2. The average Bonchev–Trinajstić information content (AvgIpc) is 3.17. The molecule has 0 aliphatic carbocycles. The van der Waals surface area contributed by atoms with Crippen molar-refractivity contribution in [2.75, 3.05) is 0 Å². The van der Waals surface area contributed by atoms with Gasteiger partial charge in [-0.1, -0.05) is 24.3 Å². The number of carboxylic acid groups (broad SMARTS) is 1. The molecule has 0 amide bonds. The van der Waals surface area contributed by atoms with Crippen molar-refractivity contribution in [1.29, 1.82) is 0 Å². The van der Waals surface area contributed by atoms with E-state index in [0.717, 1.165) is 28.8 Å². The first-order chi connectivity index (χ1) is 18.9. The minimum absolute atomic E-state index is 0.0197. The summed E-state index contributed by atoms with van der Waals surface area (Å²) in [4.78, 5) is 11.3. The number of azo groups is 1. The Morgan fingerprint density at radius 2 is 1.52 bits per heavy atom. The van der Waals surface area contributed by atoms with Crippen molar-refractivity contribution in [3.8, 4) is 28.4 Å². The van der Waals surface area contributed by atoms with E-state index in [1.165, 1.54) is 36.4 Å². The molecule has 7 nitrogen and oxygen atoms in total. The molecule has 0 aliphatic heterocycles. The first kappa shape index (κ1) is 26.4. The van der Waals surface area contributed by atoms with Gasteiger partial charge in [-0.25, -0.2) is 13.6 Å². The van der Waals surface area contributed by atoms with E-state index in [2.05, 4.69) is 10.2 Å². The first-order valence-electron chi connectivity index (χ1n) is 11.4. The van der Waals surface area contributed by atoms with E-state index in [-0.39, 0.29) is 44.8 Å². The van der Waals surface area contributed by atoms with Crippen LogP contribution in [0.25, 0.3) is 27.7 Å². The SMILES string of the molecule is O=C(O)c1cccc(-c2cccc(N=Nc3c(O)n(-c4cc(F)cc(F)c4)c4cc(C(F)(F)F)ccc34)c2O)c1. The third-order valence-electron chi connectivity index (χ3n) is 6.04. The molecule has 5 rings (SSSR count). The Bertz CT molecular complexity index is 1810. The first-order valence-corrected chi connectivity index (χ1v) is 11.4. The maximum absolute atomic E-state index is 14.0. The second-order valence-electron chi connectivity index (χ2n) is 8.62. The Kier molecular flexibility index (Phi) is 6.46. The lowest BCUT2D eigenvalue weighted by Crippen LogP contribution is -2.05. The van der Waals surface area contributed by atoms with Gasteiger partial charge in [-0.05, 0) is 54.1 Å². The summed E-state index contributed by atoms with van der Waals surface area (Å²) < 4.78 is 69.1. The van der Waals surface area contributed by atoms with Gasteiger partial charge in [0.1, 0.15) is 17.3 Å². The number of fused-ring (bicyclic) bond motifs is 1. The summed E-state index contributed by atoms with van der Waals surface area (Å²) in [5.41, 5.74) is -1.51. The summed E-state index contributed by atoms with van der Waals surface area (Å²) in [7, 11) is 0. The number of aromatic carboxylic acids is 1. The van der Waals surface area contributed by atoms with Gasteiger partial charge in [0.2, 0.25) is 5.88 Å².